The molecule has 5 rings (SSSR count). The minimum absolute atomic E-state index is 0.0671. The lowest BCUT2D eigenvalue weighted by atomic mass is 9.86. The third kappa shape index (κ3) is 5.07. The van der Waals surface area contributed by atoms with Crippen LogP contribution in [0, 0.1) is 5.92 Å². The van der Waals surface area contributed by atoms with Crippen molar-refractivity contribution in [2.24, 2.45) is 5.92 Å². The molecule has 3 heterocycles. The summed E-state index contributed by atoms with van der Waals surface area (Å²) in [5, 5.41) is 7.80. The highest BCUT2D eigenvalue weighted by Crippen LogP contribution is 2.31. The zero-order valence-corrected chi connectivity index (χ0v) is 20.1. The van der Waals surface area contributed by atoms with Crippen molar-refractivity contribution in [2.75, 3.05) is 13.1 Å². The number of likely N-dealkylation sites (tertiary alicyclic amines) is 1. The van der Waals surface area contributed by atoms with Gasteiger partial charge in [0.1, 0.15) is 0 Å². The molecule has 1 unspecified atom stereocenters. The van der Waals surface area contributed by atoms with E-state index in [-0.39, 0.29) is 5.91 Å². The molecular formula is C28H35N5O. The zero-order chi connectivity index (χ0) is 23.3. The van der Waals surface area contributed by atoms with Crippen molar-refractivity contribution < 1.29 is 4.79 Å². The average molecular weight is 458 g/mol. The summed E-state index contributed by atoms with van der Waals surface area (Å²) < 4.78 is 2.04. The second-order valence-electron chi connectivity index (χ2n) is 9.69. The number of rotatable bonds is 7. The van der Waals surface area contributed by atoms with Crippen LogP contribution in [0.25, 0.3) is 0 Å². The van der Waals surface area contributed by atoms with Gasteiger partial charge in [-0.1, -0.05) is 30.3 Å². The van der Waals surface area contributed by atoms with Gasteiger partial charge in [0.25, 0.3) is 5.91 Å². The van der Waals surface area contributed by atoms with Crippen molar-refractivity contribution in [3.05, 3.63) is 82.9 Å². The Morgan fingerprint density at radius 3 is 2.53 bits per heavy atom. The fourth-order valence-electron chi connectivity index (χ4n) is 5.66. The third-order valence-corrected chi connectivity index (χ3v) is 7.57. The quantitative estimate of drug-likeness (QED) is 0.582. The Bertz CT molecular complexity index is 1090. The normalized spacial score (nSPS) is 19.0. The van der Waals surface area contributed by atoms with Crippen LogP contribution < -0.4 is 5.32 Å². The summed E-state index contributed by atoms with van der Waals surface area (Å²) in [5.74, 6) is 0.706. The highest BCUT2D eigenvalue weighted by Gasteiger charge is 2.33. The highest BCUT2D eigenvalue weighted by molar-refractivity contribution is 5.94. The van der Waals surface area contributed by atoms with Crippen molar-refractivity contribution in [2.45, 2.75) is 64.6 Å². The first-order valence-corrected chi connectivity index (χ1v) is 12.7. The molecule has 0 bridgehead atoms. The van der Waals surface area contributed by atoms with Gasteiger partial charge >= 0.3 is 0 Å². The first-order chi connectivity index (χ1) is 16.7. The van der Waals surface area contributed by atoms with Crippen LogP contribution in [-0.4, -0.2) is 44.7 Å². The molecule has 2 aliphatic rings. The molecule has 34 heavy (non-hydrogen) atoms. The fourth-order valence-corrected chi connectivity index (χ4v) is 5.66. The average Bonchev–Trinajstić information content (AvgIpc) is 3.27. The van der Waals surface area contributed by atoms with Gasteiger partial charge in [-0.05, 0) is 87.7 Å². The van der Waals surface area contributed by atoms with Gasteiger partial charge in [0.2, 0.25) is 0 Å². The van der Waals surface area contributed by atoms with E-state index < -0.39 is 0 Å². The Morgan fingerprint density at radius 2 is 1.79 bits per heavy atom. The van der Waals surface area contributed by atoms with Gasteiger partial charge in [-0.15, -0.1) is 0 Å². The Morgan fingerprint density at radius 1 is 1.03 bits per heavy atom. The van der Waals surface area contributed by atoms with Gasteiger partial charge in [0, 0.05) is 42.8 Å². The number of hydrogen-bond donors (Lipinski definition) is 1. The predicted octanol–water partition coefficient (Wildman–Crippen LogP) is 4.04. The van der Waals surface area contributed by atoms with Gasteiger partial charge < -0.3 is 10.2 Å². The van der Waals surface area contributed by atoms with E-state index in [4.69, 9.17) is 5.10 Å². The molecule has 1 amide bonds. The van der Waals surface area contributed by atoms with Gasteiger partial charge in [0.05, 0.1) is 0 Å². The number of aryl methyl sites for hydroxylation is 1. The second-order valence-corrected chi connectivity index (χ2v) is 9.69. The van der Waals surface area contributed by atoms with Crippen LogP contribution in [0.15, 0.2) is 54.9 Å². The second kappa shape index (κ2) is 10.5. The van der Waals surface area contributed by atoms with Gasteiger partial charge in [-0.2, -0.15) is 5.10 Å². The van der Waals surface area contributed by atoms with E-state index in [9.17, 15) is 4.79 Å². The third-order valence-electron chi connectivity index (χ3n) is 7.57. The number of amides is 1. The summed E-state index contributed by atoms with van der Waals surface area (Å²) in [4.78, 5) is 19.8. The number of benzene rings is 1. The molecule has 0 spiro atoms. The van der Waals surface area contributed by atoms with Crippen molar-refractivity contribution >= 4 is 5.91 Å². The number of carbonyl (C=O) groups is 1. The van der Waals surface area contributed by atoms with Crippen LogP contribution in [0.2, 0.25) is 0 Å². The summed E-state index contributed by atoms with van der Waals surface area (Å²) in [7, 11) is 0. The maximum absolute atomic E-state index is 13.1. The van der Waals surface area contributed by atoms with Gasteiger partial charge in [-0.25, -0.2) is 0 Å². The summed E-state index contributed by atoms with van der Waals surface area (Å²) in [6, 6.07) is 15.2. The number of piperidine rings is 1. The van der Waals surface area contributed by atoms with E-state index in [1.807, 2.05) is 16.8 Å². The molecule has 178 valence electrons. The molecule has 1 aliphatic heterocycles. The Hall–Kier alpha value is -2.99. The summed E-state index contributed by atoms with van der Waals surface area (Å²) in [5.41, 5.74) is 5.54. The van der Waals surface area contributed by atoms with E-state index in [0.29, 0.717) is 18.3 Å². The summed E-state index contributed by atoms with van der Waals surface area (Å²) in [6.45, 7) is 5.71. The van der Waals surface area contributed by atoms with E-state index >= 15 is 0 Å². The molecule has 2 aromatic heterocycles. The van der Waals surface area contributed by atoms with Crippen LogP contribution in [0.5, 0.6) is 0 Å². The van der Waals surface area contributed by atoms with E-state index in [2.05, 4.69) is 52.5 Å². The van der Waals surface area contributed by atoms with Crippen LogP contribution in [0.4, 0.5) is 0 Å². The van der Waals surface area contributed by atoms with Crippen LogP contribution in [0.1, 0.15) is 59.1 Å². The Kier molecular flexibility index (Phi) is 7.05. The number of nitrogens with one attached hydrogen (secondary N) is 1. The first-order valence-electron chi connectivity index (χ1n) is 12.7. The lowest BCUT2D eigenvalue weighted by molar-refractivity contribution is 0.0941. The molecule has 1 fully saturated rings. The molecule has 0 radical (unpaired) electrons. The largest absolute Gasteiger partial charge is 0.347 e. The summed E-state index contributed by atoms with van der Waals surface area (Å²) in [6.07, 6.45) is 10.3. The highest BCUT2D eigenvalue weighted by atomic mass is 16.1. The fraction of sp³-hybridized carbons (Fsp3) is 0.464. The van der Waals surface area contributed by atoms with E-state index in [0.717, 1.165) is 55.9 Å². The molecule has 1 N–H and O–H groups in total. The topological polar surface area (TPSA) is 63.1 Å². The molecule has 3 aromatic rings. The first kappa shape index (κ1) is 22.8. The molecule has 1 aliphatic carbocycles. The van der Waals surface area contributed by atoms with Gasteiger partial charge in [0.15, 0.2) is 5.69 Å². The number of carbonyl (C=O) groups excluding carboxylic acids is 1. The smallest absolute Gasteiger partial charge is 0.272 e. The number of aromatic nitrogens is 3. The molecule has 1 saturated heterocycles. The maximum Gasteiger partial charge on any atom is 0.272 e. The van der Waals surface area contributed by atoms with Crippen LogP contribution >= 0.6 is 0 Å². The number of nitrogens with zero attached hydrogens (tertiary/aromatic N) is 4. The standard InChI is InChI=1S/C28H35N5O/c1-2-33-26-9-8-24(32-16-12-22(13-17-32)18-21-6-4-3-5-7-21)19-25(26)27(31-33)28(34)30-20-23-10-14-29-15-11-23/h3-7,10-11,14-15,22,24H,2,8-9,12-13,16-20H2,1H3,(H,30,34). The Labute approximate surface area is 202 Å². The molecule has 6 nitrogen and oxygen atoms in total. The summed E-state index contributed by atoms with van der Waals surface area (Å²) >= 11 is 0. The van der Waals surface area contributed by atoms with Crippen molar-refractivity contribution in [1.82, 2.24) is 25.0 Å². The lowest BCUT2D eigenvalue weighted by Crippen LogP contribution is -2.44. The maximum atomic E-state index is 13.1. The van der Waals surface area contributed by atoms with Crippen LogP contribution in [0.3, 0.4) is 0 Å². The van der Waals surface area contributed by atoms with E-state index in [1.54, 1.807) is 12.4 Å². The minimum Gasteiger partial charge on any atom is -0.347 e. The monoisotopic (exact) mass is 457 g/mol. The molecule has 0 saturated carbocycles. The van der Waals surface area contributed by atoms with Crippen molar-refractivity contribution in [1.29, 1.82) is 0 Å². The molecular weight excluding hydrogens is 422 g/mol. The minimum atomic E-state index is -0.0671. The lowest BCUT2D eigenvalue weighted by Gasteiger charge is -2.39. The van der Waals surface area contributed by atoms with Crippen molar-refractivity contribution in [3.8, 4) is 0 Å². The number of fused-ring (bicyclic) bond motifs is 1. The molecule has 1 atom stereocenters. The Balaban J connectivity index is 1.22. The van der Waals surface area contributed by atoms with Crippen LogP contribution in [-0.2, 0) is 32.4 Å². The predicted molar refractivity (Wildman–Crippen MR) is 134 cm³/mol. The van der Waals surface area contributed by atoms with Crippen molar-refractivity contribution in [3.63, 3.8) is 0 Å². The number of pyridine rings is 1. The van der Waals surface area contributed by atoms with E-state index in [1.165, 1.54) is 30.5 Å². The number of hydrogen-bond acceptors (Lipinski definition) is 4. The SMILES string of the molecule is CCn1nc(C(=O)NCc2ccncc2)c2c1CCC(N1CCC(Cc3ccccc3)CC1)C2. The van der Waals surface area contributed by atoms with Gasteiger partial charge in [-0.3, -0.25) is 14.5 Å². The molecule has 6 heteroatoms. The molecule has 1 aromatic carbocycles. The zero-order valence-electron chi connectivity index (χ0n) is 20.1.